The third-order valence-electron chi connectivity index (χ3n) is 4.15. The number of benzene rings is 1. The highest BCUT2D eigenvalue weighted by Gasteiger charge is 2.39. The van der Waals surface area contributed by atoms with E-state index >= 15 is 0 Å². The number of halogens is 4. The van der Waals surface area contributed by atoms with Crippen LogP contribution in [0.3, 0.4) is 0 Å². The van der Waals surface area contributed by atoms with Crippen LogP contribution in [-0.2, 0) is 16.2 Å². The van der Waals surface area contributed by atoms with Gasteiger partial charge in [-0.25, -0.2) is 8.42 Å². The second kappa shape index (κ2) is 6.58. The van der Waals surface area contributed by atoms with Crippen molar-refractivity contribution in [2.24, 2.45) is 11.7 Å². The Kier molecular flexibility index (Phi) is 5.30. The summed E-state index contributed by atoms with van der Waals surface area (Å²) >= 11 is 5.87. The minimum atomic E-state index is -4.64. The number of nitrogens with zero attached hydrogens (tertiary/aromatic N) is 1. The molecule has 2 atom stereocenters. The van der Waals surface area contributed by atoms with Crippen molar-refractivity contribution in [2.45, 2.75) is 36.9 Å². The summed E-state index contributed by atoms with van der Waals surface area (Å²) in [7, 11) is -4.15. The van der Waals surface area contributed by atoms with Crippen LogP contribution in [0, 0.1) is 5.92 Å². The van der Waals surface area contributed by atoms with E-state index in [0.29, 0.717) is 12.5 Å². The Hall–Kier alpha value is -0.830. The highest BCUT2D eigenvalue weighted by molar-refractivity contribution is 7.89. The fraction of sp³-hybridized carbons (Fsp3) is 0.571. The number of piperidine rings is 1. The number of hydrogen-bond acceptors (Lipinski definition) is 3. The van der Waals surface area contributed by atoms with Crippen LogP contribution in [0.5, 0.6) is 0 Å². The normalized spacial score (nSPS) is 23.9. The molecule has 1 aliphatic heterocycles. The number of sulfonamides is 1. The highest BCUT2D eigenvalue weighted by atomic mass is 35.5. The average Bonchev–Trinajstić information content (AvgIpc) is 2.45. The van der Waals surface area contributed by atoms with E-state index < -0.39 is 32.7 Å². The van der Waals surface area contributed by atoms with Crippen LogP contribution in [-0.4, -0.2) is 31.9 Å². The first kappa shape index (κ1) is 18.5. The van der Waals surface area contributed by atoms with E-state index in [-0.39, 0.29) is 24.0 Å². The molecular weight excluding hydrogens is 353 g/mol. The molecule has 9 heteroatoms. The smallest absolute Gasteiger partial charge is 0.329 e. The molecule has 0 aliphatic carbocycles. The maximum absolute atomic E-state index is 12.9. The predicted molar refractivity (Wildman–Crippen MR) is 81.6 cm³/mol. The third-order valence-corrected chi connectivity index (χ3v) is 6.56. The second-order valence-corrected chi connectivity index (χ2v) is 7.95. The molecule has 2 unspecified atom stereocenters. The van der Waals surface area contributed by atoms with Gasteiger partial charge in [0, 0.05) is 19.1 Å². The van der Waals surface area contributed by atoms with Crippen molar-refractivity contribution in [1.82, 2.24) is 4.31 Å². The van der Waals surface area contributed by atoms with Gasteiger partial charge in [0.15, 0.2) is 0 Å². The first-order valence-electron chi connectivity index (χ1n) is 7.17. The topological polar surface area (TPSA) is 63.4 Å². The fourth-order valence-electron chi connectivity index (χ4n) is 2.86. The van der Waals surface area contributed by atoms with Crippen LogP contribution in [0.1, 0.15) is 25.3 Å². The van der Waals surface area contributed by atoms with Crippen molar-refractivity contribution in [1.29, 1.82) is 0 Å². The van der Waals surface area contributed by atoms with Gasteiger partial charge in [-0.05, 0) is 37.0 Å². The first-order chi connectivity index (χ1) is 10.6. The molecule has 1 aromatic rings. The van der Waals surface area contributed by atoms with Crippen molar-refractivity contribution in [3.05, 3.63) is 28.8 Å². The zero-order valence-electron chi connectivity index (χ0n) is 12.5. The molecular formula is C14H18ClF3N2O2S. The molecule has 0 saturated carbocycles. The van der Waals surface area contributed by atoms with E-state index in [4.69, 9.17) is 17.3 Å². The molecule has 0 bridgehead atoms. The molecule has 0 amide bonds. The molecule has 0 spiro atoms. The van der Waals surface area contributed by atoms with Crippen molar-refractivity contribution < 1.29 is 21.6 Å². The highest BCUT2D eigenvalue weighted by Crippen LogP contribution is 2.36. The summed E-state index contributed by atoms with van der Waals surface area (Å²) in [6.45, 7) is 2.21. The van der Waals surface area contributed by atoms with Gasteiger partial charge in [0.2, 0.25) is 10.0 Å². The van der Waals surface area contributed by atoms with Gasteiger partial charge >= 0.3 is 6.18 Å². The molecule has 0 radical (unpaired) electrons. The SMILES string of the molecule is CC1CCCN(S(=O)(=O)c2cc(C(F)(F)F)ccc2Cl)C1CN. The van der Waals surface area contributed by atoms with E-state index in [0.717, 1.165) is 18.6 Å². The van der Waals surface area contributed by atoms with Crippen LogP contribution < -0.4 is 5.73 Å². The maximum atomic E-state index is 12.9. The maximum Gasteiger partial charge on any atom is 0.416 e. The van der Waals surface area contributed by atoms with E-state index in [9.17, 15) is 21.6 Å². The molecule has 2 N–H and O–H groups in total. The van der Waals surface area contributed by atoms with Crippen molar-refractivity contribution in [2.75, 3.05) is 13.1 Å². The Balaban J connectivity index is 2.51. The number of nitrogens with two attached hydrogens (primary N) is 1. The zero-order chi connectivity index (χ0) is 17.4. The number of hydrogen-bond donors (Lipinski definition) is 1. The predicted octanol–water partition coefficient (Wildman–Crippen LogP) is 3.11. The second-order valence-electron chi connectivity index (χ2n) is 5.68. The summed E-state index contributed by atoms with van der Waals surface area (Å²) in [5, 5.41) is -0.230. The van der Waals surface area contributed by atoms with Crippen molar-refractivity contribution >= 4 is 21.6 Å². The summed E-state index contributed by atoms with van der Waals surface area (Å²) in [6, 6.07) is 1.87. The summed E-state index contributed by atoms with van der Waals surface area (Å²) in [5.74, 6) is 0.0353. The van der Waals surface area contributed by atoms with Gasteiger partial charge in [-0.15, -0.1) is 0 Å². The van der Waals surface area contributed by atoms with Crippen LogP contribution in [0.2, 0.25) is 5.02 Å². The molecule has 1 aliphatic rings. The summed E-state index contributed by atoms with van der Waals surface area (Å²) < 4.78 is 65.4. The molecule has 1 fully saturated rings. The van der Waals surface area contributed by atoms with Gasteiger partial charge in [-0.1, -0.05) is 18.5 Å². The summed E-state index contributed by atoms with van der Waals surface area (Å²) in [5.41, 5.74) is 4.63. The van der Waals surface area contributed by atoms with E-state index in [2.05, 4.69) is 0 Å². The number of alkyl halides is 3. The molecule has 4 nitrogen and oxygen atoms in total. The van der Waals surface area contributed by atoms with Crippen LogP contribution in [0.15, 0.2) is 23.1 Å². The molecule has 2 rings (SSSR count). The molecule has 1 saturated heterocycles. The van der Waals surface area contributed by atoms with Gasteiger partial charge in [0.25, 0.3) is 0 Å². The van der Waals surface area contributed by atoms with E-state index in [1.54, 1.807) is 0 Å². The van der Waals surface area contributed by atoms with Crippen molar-refractivity contribution in [3.8, 4) is 0 Å². The first-order valence-corrected chi connectivity index (χ1v) is 8.99. The zero-order valence-corrected chi connectivity index (χ0v) is 14.0. The van der Waals surface area contributed by atoms with Gasteiger partial charge in [-0.2, -0.15) is 17.5 Å². The molecule has 130 valence electrons. The van der Waals surface area contributed by atoms with Gasteiger partial charge < -0.3 is 5.73 Å². The Bertz CT molecular complexity index is 679. The molecule has 23 heavy (non-hydrogen) atoms. The summed E-state index contributed by atoms with van der Waals surface area (Å²) in [4.78, 5) is -0.526. The van der Waals surface area contributed by atoms with Gasteiger partial charge in [0.1, 0.15) is 4.90 Å². The lowest BCUT2D eigenvalue weighted by molar-refractivity contribution is -0.137. The van der Waals surface area contributed by atoms with E-state index in [1.165, 1.54) is 4.31 Å². The number of rotatable bonds is 3. The third kappa shape index (κ3) is 3.65. The Morgan fingerprint density at radius 3 is 2.61 bits per heavy atom. The van der Waals surface area contributed by atoms with Crippen LogP contribution >= 0.6 is 11.6 Å². The lowest BCUT2D eigenvalue weighted by Crippen LogP contribution is -2.51. The Morgan fingerprint density at radius 2 is 2.04 bits per heavy atom. The quantitative estimate of drug-likeness (QED) is 0.889. The standard InChI is InChI=1S/C14H18ClF3N2O2S/c1-9-3-2-6-20(12(9)8-19)23(21,22)13-7-10(14(16,17)18)4-5-11(13)15/h4-5,7,9,12H,2-3,6,8,19H2,1H3. The molecule has 0 aromatic heterocycles. The van der Waals surface area contributed by atoms with E-state index in [1.807, 2.05) is 6.92 Å². The Morgan fingerprint density at radius 1 is 1.39 bits per heavy atom. The minimum absolute atomic E-state index is 0.0353. The minimum Gasteiger partial charge on any atom is -0.329 e. The fourth-order valence-corrected chi connectivity index (χ4v) is 5.14. The molecule has 1 heterocycles. The monoisotopic (exact) mass is 370 g/mol. The lowest BCUT2D eigenvalue weighted by atomic mass is 9.93. The molecule has 1 aromatic carbocycles. The van der Waals surface area contributed by atoms with Crippen molar-refractivity contribution in [3.63, 3.8) is 0 Å². The van der Waals surface area contributed by atoms with Gasteiger partial charge in [-0.3, -0.25) is 0 Å². The lowest BCUT2D eigenvalue weighted by Gasteiger charge is -2.38. The largest absolute Gasteiger partial charge is 0.416 e. The van der Waals surface area contributed by atoms with Gasteiger partial charge in [0.05, 0.1) is 10.6 Å². The Labute approximate surface area is 138 Å². The van der Waals surface area contributed by atoms with Crippen LogP contribution in [0.4, 0.5) is 13.2 Å². The van der Waals surface area contributed by atoms with Crippen LogP contribution in [0.25, 0.3) is 0 Å². The summed E-state index contributed by atoms with van der Waals surface area (Å²) in [6.07, 6.45) is -3.19. The average molecular weight is 371 g/mol.